The number of carbonyl (C=O) groups excluding carboxylic acids is 2. The van der Waals surface area contributed by atoms with Crippen molar-refractivity contribution in [3.05, 3.63) is 85.1 Å². The molecule has 4 unspecified atom stereocenters. The van der Waals surface area contributed by atoms with Gasteiger partial charge in [-0.3, -0.25) is 15.0 Å². The lowest BCUT2D eigenvalue weighted by molar-refractivity contribution is -0.323. The summed E-state index contributed by atoms with van der Waals surface area (Å²) in [6.07, 6.45) is -3.03. The number of piperazine rings is 1. The monoisotopic (exact) mass is 1180 g/mol. The van der Waals surface area contributed by atoms with Crippen molar-refractivity contribution in [3.8, 4) is 0 Å². The standard InChI is InChI=1S/C58H94N4O21/c1-34-18-16-14-12-10-8-6-7-9-11-13-15-17-19-41(82-56-53(74)49(51(72)37(4)81-56)59-33-58(78)54(75)52(73)45(69)32-79-58)29-46-48(55(76)60-62-24-22-61(5)23-25-62)44(68)31-57(77,83-46)30-40(65)27-43(67)42(66)21-20-38(63)26-39(64)28-47(70)80-36(3)35(2)50(34)71/h6-19,34-46,48-54,56,59,63-69,71-75,77-78H,20-33H2,1-5H3,(H,60,76)/b7-6+,10-8+,11-9+,14-12+,15-13+,18-16+,19-17?/t34-,35?,36-,37+,38+,39+,40-,41-,42+,43+,44-,45+,46?,48?,49-,50+,51+,52-,53-,54-,56?,57+,58+/m0/s1. The van der Waals surface area contributed by atoms with Gasteiger partial charge in [0, 0.05) is 63.7 Å². The fourth-order valence-corrected chi connectivity index (χ4v) is 10.7. The number of ether oxygens (including phenoxy) is 5. The molecule has 1 amide bonds. The van der Waals surface area contributed by atoms with Gasteiger partial charge in [0.05, 0.1) is 98.7 Å². The molecule has 0 saturated carbocycles. The molecule has 5 aliphatic rings. The molecule has 25 heteroatoms. The Kier molecular flexibility index (Phi) is 28.2. The van der Waals surface area contributed by atoms with E-state index in [0.717, 1.165) is 0 Å². The van der Waals surface area contributed by atoms with Gasteiger partial charge in [0.2, 0.25) is 11.7 Å². The molecule has 4 fully saturated rings. The summed E-state index contributed by atoms with van der Waals surface area (Å²) in [6.45, 7) is 7.62. The minimum absolute atomic E-state index is 0.129. The summed E-state index contributed by atoms with van der Waals surface area (Å²) >= 11 is 0. The second-order valence-electron chi connectivity index (χ2n) is 23.0. The molecule has 23 atom stereocenters. The highest BCUT2D eigenvalue weighted by atomic mass is 16.7. The molecule has 472 valence electrons. The van der Waals surface area contributed by atoms with E-state index in [0.29, 0.717) is 26.2 Å². The van der Waals surface area contributed by atoms with Crippen LogP contribution in [0.15, 0.2) is 85.1 Å². The van der Waals surface area contributed by atoms with E-state index in [1.807, 2.05) is 20.0 Å². The van der Waals surface area contributed by atoms with E-state index in [2.05, 4.69) is 15.6 Å². The molecule has 25 nitrogen and oxygen atoms in total. The number of nitrogens with zero attached hydrogens (tertiary/aromatic N) is 2. The van der Waals surface area contributed by atoms with E-state index < -0.39 is 184 Å². The zero-order valence-electron chi connectivity index (χ0n) is 48.1. The van der Waals surface area contributed by atoms with Crippen LogP contribution >= 0.6 is 0 Å². The van der Waals surface area contributed by atoms with E-state index in [1.165, 1.54) is 13.0 Å². The largest absolute Gasteiger partial charge is 0.462 e. The summed E-state index contributed by atoms with van der Waals surface area (Å²) in [4.78, 5) is 29.1. The highest BCUT2D eigenvalue weighted by Gasteiger charge is 2.53. The zero-order valence-corrected chi connectivity index (χ0v) is 48.1. The minimum atomic E-state index is -2.47. The number of rotatable bonds is 7. The van der Waals surface area contributed by atoms with E-state index >= 15 is 0 Å². The van der Waals surface area contributed by atoms with E-state index in [4.69, 9.17) is 23.7 Å². The first kappa shape index (κ1) is 70.0. The van der Waals surface area contributed by atoms with Gasteiger partial charge in [-0.15, -0.1) is 0 Å². The molecule has 0 aromatic rings. The molecule has 0 radical (unpaired) electrons. The lowest BCUT2D eigenvalue weighted by Crippen LogP contribution is -2.69. The molecular weight excluding hydrogens is 1090 g/mol. The van der Waals surface area contributed by atoms with Gasteiger partial charge >= 0.3 is 5.97 Å². The quantitative estimate of drug-likeness (QED) is 0.116. The second kappa shape index (κ2) is 33.4. The van der Waals surface area contributed by atoms with E-state index in [9.17, 15) is 81.1 Å². The van der Waals surface area contributed by atoms with Crippen molar-refractivity contribution in [2.45, 2.75) is 201 Å². The Bertz CT molecular complexity index is 2200. The van der Waals surface area contributed by atoms with Gasteiger partial charge in [-0.2, -0.15) is 0 Å². The predicted octanol–water partition coefficient (Wildman–Crippen LogP) is -2.66. The van der Waals surface area contributed by atoms with Crippen molar-refractivity contribution >= 4 is 11.9 Å². The van der Waals surface area contributed by atoms with Crippen LogP contribution in [0.4, 0.5) is 0 Å². The average molecular weight is 1180 g/mol. The number of amides is 1. The molecule has 0 aliphatic carbocycles. The Morgan fingerprint density at radius 2 is 1.25 bits per heavy atom. The van der Waals surface area contributed by atoms with Crippen LogP contribution in [0.1, 0.15) is 79.1 Å². The number of likely N-dealkylation sites (N-methyl/N-ethyl adjacent to an activating group) is 1. The van der Waals surface area contributed by atoms with Crippen LogP contribution in [0.25, 0.3) is 0 Å². The summed E-state index contributed by atoms with van der Waals surface area (Å²) in [7, 11) is 1.93. The van der Waals surface area contributed by atoms with Crippen molar-refractivity contribution in [3.63, 3.8) is 0 Å². The summed E-state index contributed by atoms with van der Waals surface area (Å²) in [6, 6.07) is -1.34. The summed E-state index contributed by atoms with van der Waals surface area (Å²) < 4.78 is 29.5. The van der Waals surface area contributed by atoms with Crippen LogP contribution in [0, 0.1) is 17.8 Å². The number of esters is 1. The number of hydrogen-bond donors (Lipinski definition) is 16. The molecule has 16 N–H and O–H groups in total. The van der Waals surface area contributed by atoms with E-state index in [1.54, 1.807) is 91.8 Å². The molecule has 5 rings (SSSR count). The highest BCUT2D eigenvalue weighted by Crippen LogP contribution is 2.39. The topological polar surface area (TPSA) is 394 Å². The Morgan fingerprint density at radius 1 is 0.651 bits per heavy atom. The molecule has 5 aliphatic heterocycles. The smallest absolute Gasteiger partial charge is 0.308 e. The normalized spacial score (nSPS) is 45.0. The van der Waals surface area contributed by atoms with Crippen LogP contribution in [0.5, 0.6) is 0 Å². The molecule has 0 aromatic carbocycles. The zero-order chi connectivity index (χ0) is 61.2. The Labute approximate surface area is 485 Å². The number of cyclic esters (lactones) is 1. The van der Waals surface area contributed by atoms with Gasteiger partial charge in [0.1, 0.15) is 30.5 Å². The average Bonchev–Trinajstić information content (AvgIpc) is 3.17. The van der Waals surface area contributed by atoms with Crippen LogP contribution in [0.2, 0.25) is 0 Å². The lowest BCUT2D eigenvalue weighted by atomic mass is 9.82. The molecule has 83 heavy (non-hydrogen) atoms. The van der Waals surface area contributed by atoms with Gasteiger partial charge in [-0.05, 0) is 40.2 Å². The Morgan fingerprint density at radius 3 is 1.88 bits per heavy atom. The SMILES string of the molecule is CC1[C@H](C)OC(=O)C[C@H](O)C[C@H](O)CC[C@@H](O)[C@H](O)C[C@H](O)C[C@]2(O)C[C@H](O)C(C(=O)NN3CCN(C)CC3)C(C[C@@H](OC3O[C@H](C)[C@@H](O)[C@H](NC[C@@]4(O)OC[C@@H](O)[C@H](O)[C@@H]4O)[C@@H]3O)C=C/C=C/C=C/C=C/C=C/C=C/C=C/[C@H](C)[C@H]1O)O2. The van der Waals surface area contributed by atoms with Gasteiger partial charge in [-0.1, -0.05) is 98.9 Å². The van der Waals surface area contributed by atoms with Crippen LogP contribution in [-0.4, -0.2) is 261 Å². The van der Waals surface area contributed by atoms with Crippen LogP contribution < -0.4 is 10.7 Å². The number of hydrogen-bond acceptors (Lipinski definition) is 24. The van der Waals surface area contributed by atoms with Gasteiger partial charge in [0.15, 0.2) is 12.1 Å². The van der Waals surface area contributed by atoms with Crippen molar-refractivity contribution in [1.29, 1.82) is 0 Å². The van der Waals surface area contributed by atoms with Crippen molar-refractivity contribution in [2.75, 3.05) is 46.4 Å². The van der Waals surface area contributed by atoms with Crippen LogP contribution in [-0.2, 0) is 33.3 Å². The van der Waals surface area contributed by atoms with Crippen molar-refractivity contribution in [1.82, 2.24) is 20.7 Å². The molecule has 0 aromatic heterocycles. The maximum atomic E-state index is 14.3. The first-order valence-corrected chi connectivity index (χ1v) is 28.8. The summed E-state index contributed by atoms with van der Waals surface area (Å²) in [5.74, 6) is -8.41. The first-order chi connectivity index (χ1) is 39.2. The number of fused-ring (bicyclic) bond motifs is 2. The number of hydrazine groups is 1. The third kappa shape index (κ3) is 21.6. The van der Waals surface area contributed by atoms with Crippen molar-refractivity contribution in [2.24, 2.45) is 17.8 Å². The molecule has 5 heterocycles. The number of nitrogens with one attached hydrogen (secondary N) is 2. The lowest BCUT2D eigenvalue weighted by Gasteiger charge is -2.47. The van der Waals surface area contributed by atoms with Crippen LogP contribution in [0.3, 0.4) is 0 Å². The third-order valence-electron chi connectivity index (χ3n) is 16.0. The Hall–Kier alpha value is -3.72. The number of aliphatic hydroxyl groups excluding tert-OH is 12. The fraction of sp³-hybridized carbons (Fsp3) is 0.724. The second-order valence-corrected chi connectivity index (χ2v) is 23.0. The first-order valence-electron chi connectivity index (χ1n) is 28.8. The third-order valence-corrected chi connectivity index (χ3v) is 16.0. The molecule has 0 spiro atoms. The number of carbonyl (C=O) groups is 2. The highest BCUT2D eigenvalue weighted by molar-refractivity contribution is 5.79. The minimum Gasteiger partial charge on any atom is -0.462 e. The summed E-state index contributed by atoms with van der Waals surface area (Å²) in [5, 5.41) is 159. The Balaban J connectivity index is 1.43. The van der Waals surface area contributed by atoms with E-state index in [-0.39, 0.29) is 31.6 Å². The molecular formula is C58H94N4O21. The maximum Gasteiger partial charge on any atom is 0.308 e. The number of aliphatic hydroxyl groups is 14. The molecule has 4 saturated heterocycles. The number of allylic oxidation sites excluding steroid dienone is 12. The van der Waals surface area contributed by atoms with Gasteiger partial charge < -0.3 is 105 Å². The van der Waals surface area contributed by atoms with Crippen molar-refractivity contribution < 1.29 is 105 Å². The fourth-order valence-electron chi connectivity index (χ4n) is 10.7. The summed E-state index contributed by atoms with van der Waals surface area (Å²) in [5.41, 5.74) is 2.86. The molecule has 2 bridgehead atoms. The predicted molar refractivity (Wildman–Crippen MR) is 299 cm³/mol. The van der Waals surface area contributed by atoms with Gasteiger partial charge in [-0.25, -0.2) is 5.01 Å². The van der Waals surface area contributed by atoms with Gasteiger partial charge in [0.25, 0.3) is 0 Å². The maximum absolute atomic E-state index is 14.3.